The largest absolute Gasteiger partial charge is 0.480 e. The molecule has 2 aromatic carbocycles. The number of nitrogens with one attached hydrogen (secondary N) is 2. The molecule has 34 heavy (non-hydrogen) atoms. The van der Waals surface area contributed by atoms with E-state index in [1.807, 2.05) is 13.0 Å². The van der Waals surface area contributed by atoms with Gasteiger partial charge in [0, 0.05) is 17.2 Å². The molecule has 180 valence electrons. The van der Waals surface area contributed by atoms with Gasteiger partial charge in [0.05, 0.1) is 12.2 Å². The number of amides is 3. The van der Waals surface area contributed by atoms with Crippen LogP contribution in [0.4, 0.5) is 16.2 Å². The number of Topliss-reactive ketones (excluding diaryl/α,β-unsaturated/α-hetero) is 1. The van der Waals surface area contributed by atoms with E-state index < -0.39 is 31.0 Å². The van der Waals surface area contributed by atoms with Gasteiger partial charge < -0.3 is 15.7 Å². The zero-order valence-electron chi connectivity index (χ0n) is 19.5. The van der Waals surface area contributed by atoms with Crippen LogP contribution in [0.25, 0.3) is 0 Å². The summed E-state index contributed by atoms with van der Waals surface area (Å²) in [6.07, 6.45) is 3.50. The van der Waals surface area contributed by atoms with E-state index in [0.717, 1.165) is 36.1 Å². The van der Waals surface area contributed by atoms with Crippen molar-refractivity contribution in [1.82, 2.24) is 5.32 Å². The molecule has 0 radical (unpaired) electrons. The van der Waals surface area contributed by atoms with Crippen molar-refractivity contribution in [3.05, 3.63) is 59.7 Å². The number of urea groups is 1. The number of ketones is 1. The Bertz CT molecular complexity index is 1060. The van der Waals surface area contributed by atoms with Crippen molar-refractivity contribution in [3.8, 4) is 0 Å². The number of rotatable bonds is 8. The van der Waals surface area contributed by atoms with Gasteiger partial charge in [-0.3, -0.25) is 19.3 Å². The summed E-state index contributed by atoms with van der Waals surface area (Å²) in [5.74, 6) is -1.47. The van der Waals surface area contributed by atoms with E-state index in [1.165, 1.54) is 0 Å². The predicted octanol–water partition coefficient (Wildman–Crippen LogP) is 4.24. The highest BCUT2D eigenvalue weighted by Gasteiger charge is 2.29. The monoisotopic (exact) mass is 465 g/mol. The lowest BCUT2D eigenvalue weighted by Crippen LogP contribution is -2.44. The minimum atomic E-state index is -1.22. The molecule has 8 heteroatoms. The number of anilines is 2. The summed E-state index contributed by atoms with van der Waals surface area (Å²) in [6, 6.07) is 13.2. The van der Waals surface area contributed by atoms with Crippen molar-refractivity contribution < 1.29 is 24.3 Å². The van der Waals surface area contributed by atoms with Crippen LogP contribution in [0.1, 0.15) is 48.5 Å². The van der Waals surface area contributed by atoms with Crippen molar-refractivity contribution in [2.24, 2.45) is 11.8 Å². The number of aryl methyl sites for hydroxylation is 1. The summed E-state index contributed by atoms with van der Waals surface area (Å²) in [4.78, 5) is 51.1. The smallest absolute Gasteiger partial charge is 0.323 e. The normalized spacial score (nSPS) is 17.5. The number of nitrogens with zero attached hydrogens (tertiary/aromatic N) is 1. The fraction of sp³-hybridized carbons (Fsp3) is 0.385. The molecule has 0 saturated heterocycles. The van der Waals surface area contributed by atoms with Gasteiger partial charge in [-0.2, -0.15) is 0 Å². The van der Waals surface area contributed by atoms with Crippen molar-refractivity contribution >= 4 is 35.1 Å². The molecule has 0 aliphatic heterocycles. The van der Waals surface area contributed by atoms with E-state index in [9.17, 15) is 24.3 Å². The molecule has 3 N–H and O–H groups in total. The third-order valence-electron chi connectivity index (χ3n) is 6.12. The van der Waals surface area contributed by atoms with Crippen molar-refractivity contribution in [3.63, 3.8) is 0 Å². The van der Waals surface area contributed by atoms with Gasteiger partial charge in [0.15, 0.2) is 5.78 Å². The van der Waals surface area contributed by atoms with Crippen molar-refractivity contribution in [2.45, 2.75) is 39.5 Å². The van der Waals surface area contributed by atoms with Crippen LogP contribution < -0.4 is 15.5 Å². The van der Waals surface area contributed by atoms with E-state index in [-0.39, 0.29) is 17.4 Å². The fourth-order valence-corrected chi connectivity index (χ4v) is 4.25. The van der Waals surface area contributed by atoms with Gasteiger partial charge in [-0.1, -0.05) is 44.0 Å². The Balaban J connectivity index is 1.73. The third-order valence-corrected chi connectivity index (χ3v) is 6.12. The molecule has 1 saturated carbocycles. The van der Waals surface area contributed by atoms with Crippen LogP contribution in [0.2, 0.25) is 0 Å². The van der Waals surface area contributed by atoms with Crippen LogP contribution in [0.15, 0.2) is 48.5 Å². The highest BCUT2D eigenvalue weighted by molar-refractivity contribution is 6.09. The van der Waals surface area contributed by atoms with Crippen molar-refractivity contribution in [2.75, 3.05) is 23.3 Å². The SMILES string of the molecule is Cc1cccc(NC(=O)NCC(=O)N(CC(=O)O)c2ccccc2C(=O)C2CCC(C)CC2)c1. The maximum Gasteiger partial charge on any atom is 0.323 e. The number of benzene rings is 2. The van der Waals surface area contributed by atoms with E-state index in [4.69, 9.17) is 0 Å². The Morgan fingerprint density at radius 3 is 2.38 bits per heavy atom. The summed E-state index contributed by atoms with van der Waals surface area (Å²) in [5.41, 5.74) is 2.13. The van der Waals surface area contributed by atoms with Crippen molar-refractivity contribution in [1.29, 1.82) is 0 Å². The second-order valence-corrected chi connectivity index (χ2v) is 8.89. The lowest BCUT2D eigenvalue weighted by Gasteiger charge is -2.28. The number of hydrogen-bond acceptors (Lipinski definition) is 4. The molecule has 3 amide bonds. The summed E-state index contributed by atoms with van der Waals surface area (Å²) < 4.78 is 0. The number of aliphatic carboxylic acids is 1. The molecular formula is C26H31N3O5. The van der Waals surface area contributed by atoms with Gasteiger partial charge in [-0.05, 0) is 55.5 Å². The van der Waals surface area contributed by atoms with Gasteiger partial charge in [0.25, 0.3) is 0 Å². The Hall–Kier alpha value is -3.68. The molecule has 0 spiro atoms. The summed E-state index contributed by atoms with van der Waals surface area (Å²) in [6.45, 7) is 3.02. The average molecular weight is 466 g/mol. The van der Waals surface area contributed by atoms with E-state index in [2.05, 4.69) is 17.6 Å². The molecule has 0 unspecified atom stereocenters. The molecule has 0 heterocycles. The molecule has 0 aromatic heterocycles. The number of carbonyl (C=O) groups excluding carboxylic acids is 3. The Morgan fingerprint density at radius 1 is 1.00 bits per heavy atom. The zero-order chi connectivity index (χ0) is 24.7. The minimum absolute atomic E-state index is 0.0733. The Morgan fingerprint density at radius 2 is 1.71 bits per heavy atom. The topological polar surface area (TPSA) is 116 Å². The lowest BCUT2D eigenvalue weighted by molar-refractivity contribution is -0.136. The summed E-state index contributed by atoms with van der Waals surface area (Å²) >= 11 is 0. The first-order valence-electron chi connectivity index (χ1n) is 11.5. The molecule has 2 aromatic rings. The fourth-order valence-electron chi connectivity index (χ4n) is 4.25. The van der Waals surface area contributed by atoms with E-state index >= 15 is 0 Å². The third kappa shape index (κ3) is 6.66. The second-order valence-electron chi connectivity index (χ2n) is 8.89. The first kappa shape index (κ1) is 25.0. The minimum Gasteiger partial charge on any atom is -0.480 e. The number of para-hydroxylation sites is 1. The molecular weight excluding hydrogens is 434 g/mol. The van der Waals surface area contributed by atoms with Crippen LogP contribution in [0.5, 0.6) is 0 Å². The van der Waals surface area contributed by atoms with Gasteiger partial charge in [0.2, 0.25) is 5.91 Å². The van der Waals surface area contributed by atoms with E-state index in [1.54, 1.807) is 42.5 Å². The number of hydrogen-bond donors (Lipinski definition) is 3. The Labute approximate surface area is 199 Å². The molecule has 0 bridgehead atoms. The summed E-state index contributed by atoms with van der Waals surface area (Å²) in [5, 5.41) is 14.5. The molecule has 1 aliphatic rings. The number of carboxylic acids is 1. The maximum absolute atomic E-state index is 13.3. The van der Waals surface area contributed by atoms with Crippen LogP contribution in [-0.2, 0) is 9.59 Å². The zero-order valence-corrected chi connectivity index (χ0v) is 19.5. The van der Waals surface area contributed by atoms with Crippen LogP contribution in [-0.4, -0.2) is 41.9 Å². The van der Waals surface area contributed by atoms with E-state index in [0.29, 0.717) is 17.2 Å². The molecule has 1 aliphatic carbocycles. The summed E-state index contributed by atoms with van der Waals surface area (Å²) in [7, 11) is 0. The quantitative estimate of drug-likeness (QED) is 0.504. The van der Waals surface area contributed by atoms with Crippen LogP contribution in [0.3, 0.4) is 0 Å². The van der Waals surface area contributed by atoms with Crippen LogP contribution in [0, 0.1) is 18.8 Å². The second kappa shape index (κ2) is 11.4. The van der Waals surface area contributed by atoms with Gasteiger partial charge in [-0.25, -0.2) is 4.79 Å². The molecule has 0 atom stereocenters. The molecule has 1 fully saturated rings. The first-order valence-corrected chi connectivity index (χ1v) is 11.5. The molecule has 8 nitrogen and oxygen atoms in total. The highest BCUT2D eigenvalue weighted by atomic mass is 16.4. The predicted molar refractivity (Wildman–Crippen MR) is 130 cm³/mol. The molecule has 3 rings (SSSR count). The Kier molecular flexibility index (Phi) is 8.40. The van der Waals surface area contributed by atoms with Gasteiger partial charge >= 0.3 is 12.0 Å². The van der Waals surface area contributed by atoms with Gasteiger partial charge in [-0.15, -0.1) is 0 Å². The van der Waals surface area contributed by atoms with Crippen LogP contribution >= 0.6 is 0 Å². The number of carboxylic acid groups (broad SMARTS) is 1. The standard InChI is InChI=1S/C26H31N3O5/c1-17-10-12-19(13-11-17)25(33)21-8-3-4-9-22(21)29(16-24(31)32)23(30)15-27-26(34)28-20-7-5-6-18(2)14-20/h3-9,14,17,19H,10-13,15-16H2,1-2H3,(H,31,32)(H2,27,28,34). The number of carbonyl (C=O) groups is 4. The van der Waals surface area contributed by atoms with Gasteiger partial charge in [0.1, 0.15) is 6.54 Å². The highest BCUT2D eigenvalue weighted by Crippen LogP contribution is 2.33. The maximum atomic E-state index is 13.3. The first-order chi connectivity index (χ1) is 16.2. The lowest BCUT2D eigenvalue weighted by atomic mass is 9.79. The average Bonchev–Trinajstić information content (AvgIpc) is 2.81.